The van der Waals surface area contributed by atoms with Crippen LogP contribution in [0.3, 0.4) is 0 Å². The summed E-state index contributed by atoms with van der Waals surface area (Å²) in [5, 5.41) is 0. The number of rotatable bonds is 4. The molecule has 1 aromatic rings. The van der Waals surface area contributed by atoms with E-state index < -0.39 is 41.7 Å². The van der Waals surface area contributed by atoms with Gasteiger partial charge in [0.25, 0.3) is 0 Å². The molecule has 7 heteroatoms. The molecule has 1 aromatic carbocycles. The van der Waals surface area contributed by atoms with Crippen LogP contribution < -0.4 is 0 Å². The van der Waals surface area contributed by atoms with E-state index in [4.69, 9.17) is 14.0 Å². The van der Waals surface area contributed by atoms with E-state index in [1.54, 1.807) is 0 Å². The van der Waals surface area contributed by atoms with Crippen molar-refractivity contribution >= 4 is 13.1 Å². The van der Waals surface area contributed by atoms with Crippen molar-refractivity contribution in [3.63, 3.8) is 0 Å². The number of hydrogen-bond acceptors (Lipinski definition) is 4. The average Bonchev–Trinajstić information content (AvgIpc) is 2.67. The SMILES string of the molecule is COC(=O)CC(B1OC(C)(C)C(C)(C)O1)c1ccc(F)c(F)c1. The van der Waals surface area contributed by atoms with Crippen LogP contribution in [0, 0.1) is 11.6 Å². The molecule has 0 N–H and O–H groups in total. The van der Waals surface area contributed by atoms with Crippen LogP contribution in [0.25, 0.3) is 0 Å². The summed E-state index contributed by atoms with van der Waals surface area (Å²) >= 11 is 0. The van der Waals surface area contributed by atoms with Crippen LogP contribution in [0.1, 0.15) is 45.5 Å². The molecule has 0 radical (unpaired) electrons. The number of benzene rings is 1. The zero-order valence-electron chi connectivity index (χ0n) is 14.0. The number of carbonyl (C=O) groups excluding carboxylic acids is 1. The number of esters is 1. The molecular formula is C16H21BF2O4. The van der Waals surface area contributed by atoms with E-state index in [0.29, 0.717) is 5.56 Å². The van der Waals surface area contributed by atoms with Crippen molar-refractivity contribution in [3.05, 3.63) is 35.4 Å². The topological polar surface area (TPSA) is 44.8 Å². The van der Waals surface area contributed by atoms with Gasteiger partial charge in [0.1, 0.15) is 0 Å². The molecule has 4 nitrogen and oxygen atoms in total. The van der Waals surface area contributed by atoms with Gasteiger partial charge in [-0.1, -0.05) is 6.07 Å². The number of carbonyl (C=O) groups is 1. The molecule has 23 heavy (non-hydrogen) atoms. The first-order chi connectivity index (χ1) is 10.6. The smallest absolute Gasteiger partial charge is 0.466 e. The van der Waals surface area contributed by atoms with E-state index in [9.17, 15) is 13.6 Å². The van der Waals surface area contributed by atoms with Crippen molar-refractivity contribution in [3.8, 4) is 0 Å². The highest BCUT2D eigenvalue weighted by molar-refractivity contribution is 6.48. The fourth-order valence-corrected chi connectivity index (χ4v) is 2.43. The van der Waals surface area contributed by atoms with Gasteiger partial charge in [0.05, 0.1) is 24.7 Å². The molecule has 0 amide bonds. The monoisotopic (exact) mass is 326 g/mol. The van der Waals surface area contributed by atoms with E-state index in [-0.39, 0.29) is 6.42 Å². The molecule has 2 rings (SSSR count). The molecule has 1 saturated heterocycles. The third-order valence-electron chi connectivity index (χ3n) is 4.59. The molecule has 0 saturated carbocycles. The third kappa shape index (κ3) is 3.56. The first-order valence-electron chi connectivity index (χ1n) is 7.45. The largest absolute Gasteiger partial charge is 0.469 e. The predicted octanol–water partition coefficient (Wildman–Crippen LogP) is 3.24. The number of ether oxygens (including phenoxy) is 1. The molecule has 0 aliphatic carbocycles. The Morgan fingerprint density at radius 2 is 1.74 bits per heavy atom. The Morgan fingerprint density at radius 1 is 1.17 bits per heavy atom. The van der Waals surface area contributed by atoms with Gasteiger partial charge < -0.3 is 14.0 Å². The van der Waals surface area contributed by atoms with Gasteiger partial charge in [-0.2, -0.15) is 0 Å². The van der Waals surface area contributed by atoms with Gasteiger partial charge in [0.2, 0.25) is 0 Å². The normalized spacial score (nSPS) is 20.4. The predicted molar refractivity (Wildman–Crippen MR) is 81.8 cm³/mol. The maximum Gasteiger partial charge on any atom is 0.466 e. The lowest BCUT2D eigenvalue weighted by Gasteiger charge is -2.32. The van der Waals surface area contributed by atoms with Crippen molar-refractivity contribution in [2.75, 3.05) is 7.11 Å². The quantitative estimate of drug-likeness (QED) is 0.629. The molecule has 1 aliphatic heterocycles. The van der Waals surface area contributed by atoms with Crippen molar-refractivity contribution in [1.29, 1.82) is 0 Å². The number of hydrogen-bond donors (Lipinski definition) is 0. The summed E-state index contributed by atoms with van der Waals surface area (Å²) in [6, 6.07) is 3.52. The van der Waals surface area contributed by atoms with E-state index in [1.807, 2.05) is 27.7 Å². The summed E-state index contributed by atoms with van der Waals surface area (Å²) in [5.41, 5.74) is -0.761. The Kier molecular flexibility index (Phi) is 4.82. The highest BCUT2D eigenvalue weighted by Crippen LogP contribution is 2.41. The molecule has 1 unspecified atom stereocenters. The van der Waals surface area contributed by atoms with Crippen LogP contribution in [0.15, 0.2) is 18.2 Å². The van der Waals surface area contributed by atoms with Crippen molar-refractivity contribution in [2.45, 2.75) is 51.1 Å². The highest BCUT2D eigenvalue weighted by Gasteiger charge is 2.54. The van der Waals surface area contributed by atoms with Crippen molar-refractivity contribution in [1.82, 2.24) is 0 Å². The van der Waals surface area contributed by atoms with Gasteiger partial charge in [0.15, 0.2) is 11.6 Å². The lowest BCUT2D eigenvalue weighted by atomic mass is 9.66. The lowest BCUT2D eigenvalue weighted by molar-refractivity contribution is -0.140. The van der Waals surface area contributed by atoms with Gasteiger partial charge in [0, 0.05) is 5.82 Å². The maximum atomic E-state index is 13.6. The minimum atomic E-state index is -0.978. The van der Waals surface area contributed by atoms with E-state index >= 15 is 0 Å². The Labute approximate surface area is 135 Å². The maximum absolute atomic E-state index is 13.6. The molecular weight excluding hydrogens is 305 g/mol. The summed E-state index contributed by atoms with van der Waals surface area (Å²) in [7, 11) is 0.512. The van der Waals surface area contributed by atoms with Crippen LogP contribution >= 0.6 is 0 Å². The van der Waals surface area contributed by atoms with Gasteiger partial charge in [-0.3, -0.25) is 4.79 Å². The zero-order chi connectivity index (χ0) is 17.4. The molecule has 0 aromatic heterocycles. The minimum Gasteiger partial charge on any atom is -0.469 e. The Hall–Kier alpha value is -1.47. The summed E-state index contributed by atoms with van der Waals surface area (Å²) < 4.78 is 43.4. The van der Waals surface area contributed by atoms with Gasteiger partial charge >= 0.3 is 13.1 Å². The Bertz CT molecular complexity index is 588. The molecule has 1 atom stereocenters. The molecule has 0 spiro atoms. The van der Waals surface area contributed by atoms with E-state index in [0.717, 1.165) is 12.1 Å². The standard InChI is InChI=1S/C16H21BF2O4/c1-15(2)16(3,4)23-17(22-15)11(9-14(20)21-5)10-6-7-12(18)13(19)8-10/h6-8,11H,9H2,1-5H3. The van der Waals surface area contributed by atoms with Crippen molar-refractivity contribution in [2.24, 2.45) is 0 Å². The van der Waals surface area contributed by atoms with E-state index in [2.05, 4.69) is 0 Å². The van der Waals surface area contributed by atoms with Crippen LogP contribution in [-0.4, -0.2) is 31.4 Å². The summed E-state index contributed by atoms with van der Waals surface area (Å²) in [6.45, 7) is 7.53. The van der Waals surface area contributed by atoms with Gasteiger partial charge in [-0.05, 0) is 45.4 Å². The second kappa shape index (κ2) is 6.21. The second-order valence-electron chi connectivity index (χ2n) is 6.69. The second-order valence-corrected chi connectivity index (χ2v) is 6.69. The number of halogens is 2. The molecule has 0 bridgehead atoms. The molecule has 1 aliphatic rings. The molecule has 1 fully saturated rings. The first-order valence-corrected chi connectivity index (χ1v) is 7.45. The summed E-state index contributed by atoms with van der Waals surface area (Å²) in [5.74, 6) is -3.00. The van der Waals surface area contributed by atoms with E-state index in [1.165, 1.54) is 13.2 Å². The van der Waals surface area contributed by atoms with Crippen LogP contribution in [0.5, 0.6) is 0 Å². The average molecular weight is 326 g/mol. The fraction of sp³-hybridized carbons (Fsp3) is 0.562. The van der Waals surface area contributed by atoms with Crippen LogP contribution in [-0.2, 0) is 18.8 Å². The zero-order valence-corrected chi connectivity index (χ0v) is 14.0. The summed E-state index contributed by atoms with van der Waals surface area (Å²) in [4.78, 5) is 11.7. The first kappa shape index (κ1) is 17.9. The lowest BCUT2D eigenvalue weighted by Crippen LogP contribution is -2.41. The Morgan fingerprint density at radius 3 is 2.22 bits per heavy atom. The van der Waals surface area contributed by atoms with Gasteiger partial charge in [-0.25, -0.2) is 8.78 Å². The summed E-state index contributed by atoms with van der Waals surface area (Å²) in [6.07, 6.45) is -0.0571. The number of methoxy groups -OCH3 is 1. The fourth-order valence-electron chi connectivity index (χ4n) is 2.43. The third-order valence-corrected chi connectivity index (χ3v) is 4.59. The van der Waals surface area contributed by atoms with Crippen LogP contribution in [0.2, 0.25) is 0 Å². The van der Waals surface area contributed by atoms with Gasteiger partial charge in [-0.15, -0.1) is 0 Å². The van der Waals surface area contributed by atoms with Crippen LogP contribution in [0.4, 0.5) is 8.78 Å². The minimum absolute atomic E-state index is 0.0571. The van der Waals surface area contributed by atoms with Crippen molar-refractivity contribution < 1.29 is 27.6 Å². The molecule has 1 heterocycles. The highest BCUT2D eigenvalue weighted by atomic mass is 19.2. The molecule has 126 valence electrons. The Balaban J connectivity index is 2.35.